The van der Waals surface area contributed by atoms with E-state index >= 15 is 0 Å². The van der Waals surface area contributed by atoms with Crippen LogP contribution in [0, 0.1) is 23.7 Å². The monoisotopic (exact) mass is 1300 g/mol. The molecular weight excluding hydrogens is 1240 g/mol. The maximum absolute atomic E-state index is 5.41. The molecule has 21 rings (SSSR count). The summed E-state index contributed by atoms with van der Waals surface area (Å²) in [4.78, 5) is 31.9. The summed E-state index contributed by atoms with van der Waals surface area (Å²) in [7, 11) is 0. The molecule has 0 amide bonds. The molecule has 4 bridgehead atoms. The first-order chi connectivity index (χ1) is 50.5. The van der Waals surface area contributed by atoms with Crippen LogP contribution in [0.15, 0.2) is 328 Å². The fraction of sp³-hybridized carbons (Fsp3) is 0.104. The fourth-order valence-electron chi connectivity index (χ4n) is 18.6. The van der Waals surface area contributed by atoms with E-state index in [2.05, 4.69) is 291 Å². The lowest BCUT2D eigenvalue weighted by molar-refractivity contribution is -0.0399. The standard InChI is InChI=1S/C96H68N6/c1-5-23-62(24-6-1)68-35-13-41-74(56-68)92-97-90(66-27-9-3-10-28-66)99-94(101-92)82-47-19-33-64-31-17-43-78(86(64)82)70-37-15-39-72(58-70)80-45-21-49-84-88(80)89-81(46-22-50-85(89)96(84)76-52-60-51-61(54-76)55-77(96)53-60)73-40-16-38-71(59-73)79-44-18-32-65-34-20-48-83(87(65)79)95-100-91(67-29-11-4-12-30-67)98-93(102-95)75-42-14-36-69(57-75)63-25-7-2-8-26-63/h1-50,56-61,76-77H,51-55H2. The van der Waals surface area contributed by atoms with Gasteiger partial charge < -0.3 is 0 Å². The second-order valence-electron chi connectivity index (χ2n) is 28.4. The van der Waals surface area contributed by atoms with E-state index in [0.717, 1.165) is 111 Å². The van der Waals surface area contributed by atoms with Crippen molar-refractivity contribution in [3.63, 3.8) is 0 Å². The molecule has 4 fully saturated rings. The third-order valence-corrected chi connectivity index (χ3v) is 22.7. The molecule has 0 N–H and O–H groups in total. The molecule has 1 spiro atoms. The molecule has 4 saturated carbocycles. The normalized spacial score (nSPS) is 16.7. The quantitative estimate of drug-likeness (QED) is 0.121. The third kappa shape index (κ3) is 10.1. The maximum atomic E-state index is 5.41. The number of aromatic nitrogens is 6. The van der Waals surface area contributed by atoms with Gasteiger partial charge in [0.15, 0.2) is 34.9 Å². The molecule has 16 aromatic rings. The van der Waals surface area contributed by atoms with Crippen molar-refractivity contribution in [1.82, 2.24) is 29.9 Å². The Morgan fingerprint density at radius 2 is 0.480 bits per heavy atom. The molecule has 5 aliphatic carbocycles. The fourth-order valence-corrected chi connectivity index (χ4v) is 18.6. The van der Waals surface area contributed by atoms with Gasteiger partial charge in [0.1, 0.15) is 0 Å². The van der Waals surface area contributed by atoms with Crippen LogP contribution in [0.5, 0.6) is 0 Å². The largest absolute Gasteiger partial charge is 0.208 e. The summed E-state index contributed by atoms with van der Waals surface area (Å²) < 4.78 is 0. The van der Waals surface area contributed by atoms with Gasteiger partial charge in [0, 0.05) is 49.6 Å². The van der Waals surface area contributed by atoms with Crippen molar-refractivity contribution in [2.75, 3.05) is 0 Å². The summed E-state index contributed by atoms with van der Waals surface area (Å²) in [6, 6.07) is 119. The highest BCUT2D eigenvalue weighted by Gasteiger charge is 2.62. The van der Waals surface area contributed by atoms with E-state index < -0.39 is 0 Å². The van der Waals surface area contributed by atoms with Gasteiger partial charge in [0.2, 0.25) is 0 Å². The van der Waals surface area contributed by atoms with E-state index in [1.54, 1.807) is 0 Å². The highest BCUT2D eigenvalue weighted by atomic mass is 15.0. The number of nitrogens with zero attached hydrogens (tertiary/aromatic N) is 6. The Balaban J connectivity index is 0.730. The third-order valence-electron chi connectivity index (χ3n) is 22.7. The first-order valence-electron chi connectivity index (χ1n) is 36.0. The Kier molecular flexibility index (Phi) is 14.3. The molecular formula is C96H68N6. The van der Waals surface area contributed by atoms with Crippen LogP contribution < -0.4 is 0 Å². The minimum absolute atomic E-state index is 0.0792. The second kappa shape index (κ2) is 24.5. The summed E-state index contributed by atoms with van der Waals surface area (Å²) in [6.45, 7) is 0. The van der Waals surface area contributed by atoms with Gasteiger partial charge in [-0.2, -0.15) is 0 Å². The first-order valence-corrected chi connectivity index (χ1v) is 36.0. The van der Waals surface area contributed by atoms with Crippen LogP contribution in [-0.4, -0.2) is 29.9 Å². The lowest BCUT2D eigenvalue weighted by atomic mass is 9.43. The minimum atomic E-state index is -0.0792. The molecule has 5 aliphatic rings. The zero-order chi connectivity index (χ0) is 67.2. The van der Waals surface area contributed by atoms with Gasteiger partial charge in [-0.15, -0.1) is 0 Å². The van der Waals surface area contributed by atoms with Gasteiger partial charge >= 0.3 is 0 Å². The summed E-state index contributed by atoms with van der Waals surface area (Å²) in [5, 5.41) is 4.44. The SMILES string of the molecule is c1ccc(-c2cccc(-c3nc(-c4ccccc4)nc(-c4cccc5cccc(-c6cccc(-c7cccc8c7-c7c(-c9cccc(-c%10cccc%11cccc(-c%12nc(-c%13ccccc%13)nc(-c%13cccc(-c%14ccccc%14)c%13)n%12)c%10%11)c9)cccc7C87C8CC9CC(C8)CC7C9)c6)c45)n3)c2)cc1. The van der Waals surface area contributed by atoms with Gasteiger partial charge in [0.05, 0.1) is 0 Å². The van der Waals surface area contributed by atoms with Crippen LogP contribution in [0.1, 0.15) is 43.2 Å². The van der Waals surface area contributed by atoms with Gasteiger partial charge in [-0.1, -0.05) is 303 Å². The Morgan fingerprint density at radius 3 is 0.873 bits per heavy atom. The Morgan fingerprint density at radius 1 is 0.206 bits per heavy atom. The highest BCUT2D eigenvalue weighted by Crippen LogP contribution is 2.71. The van der Waals surface area contributed by atoms with Crippen molar-refractivity contribution in [1.29, 1.82) is 0 Å². The molecule has 2 heterocycles. The van der Waals surface area contributed by atoms with E-state index in [1.807, 2.05) is 36.4 Å². The predicted molar refractivity (Wildman–Crippen MR) is 417 cm³/mol. The second-order valence-corrected chi connectivity index (χ2v) is 28.4. The number of benzene rings is 14. The van der Waals surface area contributed by atoms with Crippen LogP contribution in [0.25, 0.3) is 168 Å². The molecule has 6 nitrogen and oxygen atoms in total. The van der Waals surface area contributed by atoms with Crippen LogP contribution in [0.3, 0.4) is 0 Å². The molecule has 6 heteroatoms. The topological polar surface area (TPSA) is 77.3 Å². The average Bonchev–Trinajstić information content (AvgIpc) is 1.49. The predicted octanol–water partition coefficient (Wildman–Crippen LogP) is 24.1. The molecule has 102 heavy (non-hydrogen) atoms. The van der Waals surface area contributed by atoms with Crippen LogP contribution in [0.2, 0.25) is 0 Å². The smallest absolute Gasteiger partial charge is 0.164 e. The number of hydrogen-bond donors (Lipinski definition) is 0. The summed E-state index contributed by atoms with van der Waals surface area (Å²) >= 11 is 0. The van der Waals surface area contributed by atoms with Crippen LogP contribution >= 0.6 is 0 Å². The van der Waals surface area contributed by atoms with Crippen molar-refractivity contribution in [3.05, 3.63) is 339 Å². The van der Waals surface area contributed by atoms with Gasteiger partial charge in [-0.3, -0.25) is 0 Å². The summed E-state index contributed by atoms with van der Waals surface area (Å²) in [5.74, 6) is 6.55. The van der Waals surface area contributed by atoms with Crippen molar-refractivity contribution < 1.29 is 0 Å². The Bertz CT molecular complexity index is 5580. The molecule has 0 unspecified atom stereocenters. The van der Waals surface area contributed by atoms with E-state index in [0.29, 0.717) is 46.8 Å². The number of rotatable bonds is 12. The van der Waals surface area contributed by atoms with E-state index in [1.165, 1.54) is 76.6 Å². The first kappa shape index (κ1) is 59.7. The molecule has 0 atom stereocenters. The Labute approximate surface area is 593 Å². The highest BCUT2D eigenvalue weighted by molar-refractivity contribution is 6.09. The van der Waals surface area contributed by atoms with Gasteiger partial charge in [0.25, 0.3) is 0 Å². The van der Waals surface area contributed by atoms with Crippen molar-refractivity contribution in [2.45, 2.75) is 37.5 Å². The molecule has 482 valence electrons. The lowest BCUT2D eigenvalue weighted by Crippen LogP contribution is -2.55. The van der Waals surface area contributed by atoms with Crippen molar-refractivity contribution >= 4 is 21.5 Å². The van der Waals surface area contributed by atoms with Crippen molar-refractivity contribution in [3.8, 4) is 146 Å². The maximum Gasteiger partial charge on any atom is 0.164 e. The summed E-state index contributed by atoms with van der Waals surface area (Å²) in [6.07, 6.45) is 6.57. The zero-order valence-electron chi connectivity index (χ0n) is 56.2. The molecule has 2 aromatic heterocycles. The van der Waals surface area contributed by atoms with Gasteiger partial charge in [-0.05, 0) is 180 Å². The van der Waals surface area contributed by atoms with E-state index in [-0.39, 0.29) is 5.41 Å². The molecule has 0 aliphatic heterocycles. The van der Waals surface area contributed by atoms with Gasteiger partial charge in [-0.25, -0.2) is 29.9 Å². The zero-order valence-corrected chi connectivity index (χ0v) is 56.2. The summed E-state index contributed by atoms with van der Waals surface area (Å²) in [5.41, 5.74) is 25.3. The van der Waals surface area contributed by atoms with Crippen LogP contribution in [-0.2, 0) is 5.41 Å². The minimum Gasteiger partial charge on any atom is -0.208 e. The van der Waals surface area contributed by atoms with E-state index in [4.69, 9.17) is 29.9 Å². The molecule has 0 radical (unpaired) electrons. The van der Waals surface area contributed by atoms with Crippen LogP contribution in [0.4, 0.5) is 0 Å². The molecule has 14 aromatic carbocycles. The average molecular weight is 1310 g/mol. The van der Waals surface area contributed by atoms with Crippen molar-refractivity contribution in [2.24, 2.45) is 23.7 Å². The Hall–Kier alpha value is -12.4. The lowest BCUT2D eigenvalue weighted by Gasteiger charge is -2.61. The van der Waals surface area contributed by atoms with E-state index in [9.17, 15) is 0 Å². The number of hydrogen-bond acceptors (Lipinski definition) is 6. The molecule has 0 saturated heterocycles. The number of fused-ring (bicyclic) bond motifs is 5.